The number of hydrogen-bond donors (Lipinski definition) is 1. The van der Waals surface area contributed by atoms with Crippen molar-refractivity contribution in [2.45, 2.75) is 50.5 Å². The standard InChI is InChI=1S/C32H31FN6O5S/c1-3-44-32(41)27-20-6-8-21(9-7-20)28(27)35-30-26-12-19(17-40)15-38(26)37-29(36-30)25-16-39(31-24(25)13-22(33)14-34-31)45(42,43)23-10-4-18(2)5-11-23/h4-5,10-17,20-21,27-28H,3,6-9H2,1-2H3,(H,35,36,37)/t20?,21?,27-,28-/m1/s1. The SMILES string of the molecule is CCOC(=O)[C@@H]1C2CCC(CC2)[C@H]1Nc1nc(-c2cn(S(=O)(=O)c3ccc(C)cc3)c3ncc(F)cc23)nn2cc(C=O)cc12. The van der Waals surface area contributed by atoms with E-state index in [-0.39, 0.29) is 63.7 Å². The lowest BCUT2D eigenvalue weighted by Gasteiger charge is -2.47. The number of anilines is 1. The van der Waals surface area contributed by atoms with Crippen LogP contribution in [-0.2, 0) is 19.6 Å². The Morgan fingerprint density at radius 2 is 1.84 bits per heavy atom. The van der Waals surface area contributed by atoms with Gasteiger partial charge in [-0.2, -0.15) is 0 Å². The maximum Gasteiger partial charge on any atom is 0.311 e. The third-order valence-electron chi connectivity index (χ3n) is 9.10. The monoisotopic (exact) mass is 630 g/mol. The molecule has 3 fully saturated rings. The van der Waals surface area contributed by atoms with Gasteiger partial charge in [0.15, 0.2) is 23.6 Å². The fourth-order valence-electron chi connectivity index (χ4n) is 6.94. The first-order valence-corrected chi connectivity index (χ1v) is 16.4. The highest BCUT2D eigenvalue weighted by Crippen LogP contribution is 2.47. The quantitative estimate of drug-likeness (QED) is 0.185. The van der Waals surface area contributed by atoms with Crippen LogP contribution in [-0.4, -0.2) is 56.9 Å². The van der Waals surface area contributed by atoms with E-state index < -0.39 is 15.8 Å². The number of halogens is 1. The van der Waals surface area contributed by atoms with E-state index >= 15 is 0 Å². The lowest BCUT2D eigenvalue weighted by Crippen LogP contribution is -2.52. The molecular weight excluding hydrogens is 599 g/mol. The molecule has 3 saturated carbocycles. The Bertz CT molecular complexity index is 2070. The zero-order valence-corrected chi connectivity index (χ0v) is 25.5. The molecule has 2 bridgehead atoms. The zero-order valence-electron chi connectivity index (χ0n) is 24.7. The van der Waals surface area contributed by atoms with Crippen LogP contribution in [0.2, 0.25) is 0 Å². The zero-order chi connectivity index (χ0) is 31.5. The summed E-state index contributed by atoms with van der Waals surface area (Å²) >= 11 is 0. The molecule has 45 heavy (non-hydrogen) atoms. The molecule has 0 spiro atoms. The molecule has 1 N–H and O–H groups in total. The summed E-state index contributed by atoms with van der Waals surface area (Å²) < 4.78 is 50.1. The van der Waals surface area contributed by atoms with Crippen LogP contribution in [0, 0.1) is 30.5 Å². The molecule has 232 valence electrons. The van der Waals surface area contributed by atoms with E-state index in [1.165, 1.54) is 35.1 Å². The van der Waals surface area contributed by atoms with Gasteiger partial charge in [0.05, 0.1) is 23.6 Å². The van der Waals surface area contributed by atoms with Crippen molar-refractivity contribution >= 4 is 44.6 Å². The van der Waals surface area contributed by atoms with Gasteiger partial charge in [-0.15, -0.1) is 5.10 Å². The molecule has 0 radical (unpaired) electrons. The Kier molecular flexibility index (Phi) is 7.15. The second-order valence-corrected chi connectivity index (χ2v) is 13.6. The molecular formula is C32H31FN6O5S. The van der Waals surface area contributed by atoms with Crippen LogP contribution < -0.4 is 5.32 Å². The predicted octanol–water partition coefficient (Wildman–Crippen LogP) is 5.02. The van der Waals surface area contributed by atoms with E-state index in [2.05, 4.69) is 15.4 Å². The summed E-state index contributed by atoms with van der Waals surface area (Å²) in [5, 5.41) is 8.33. The molecule has 4 heterocycles. The number of aldehydes is 1. The summed E-state index contributed by atoms with van der Waals surface area (Å²) in [6.45, 7) is 3.92. The van der Waals surface area contributed by atoms with Crippen molar-refractivity contribution in [2.24, 2.45) is 17.8 Å². The van der Waals surface area contributed by atoms with Gasteiger partial charge in [0.25, 0.3) is 10.0 Å². The number of carbonyl (C=O) groups excluding carboxylic acids is 2. The molecule has 3 aliphatic carbocycles. The average Bonchev–Trinajstić information content (AvgIpc) is 3.64. The van der Waals surface area contributed by atoms with Gasteiger partial charge in [-0.05, 0) is 75.6 Å². The highest BCUT2D eigenvalue weighted by Gasteiger charge is 2.48. The molecule has 3 aliphatic rings. The number of pyridine rings is 1. The van der Waals surface area contributed by atoms with Crippen molar-refractivity contribution in [3.8, 4) is 11.4 Å². The van der Waals surface area contributed by atoms with E-state index in [9.17, 15) is 22.4 Å². The molecule has 13 heteroatoms. The molecule has 4 aromatic heterocycles. The van der Waals surface area contributed by atoms with E-state index in [4.69, 9.17) is 9.72 Å². The highest BCUT2D eigenvalue weighted by atomic mass is 32.2. The van der Waals surface area contributed by atoms with E-state index in [0.717, 1.165) is 41.4 Å². The number of esters is 1. The minimum absolute atomic E-state index is 0.0123. The summed E-state index contributed by atoms with van der Waals surface area (Å²) in [4.78, 5) is 33.9. The number of aryl methyl sites for hydroxylation is 1. The van der Waals surface area contributed by atoms with Crippen molar-refractivity contribution in [3.05, 3.63) is 71.9 Å². The number of nitrogens with zero attached hydrogens (tertiary/aromatic N) is 5. The van der Waals surface area contributed by atoms with E-state index in [0.29, 0.717) is 23.2 Å². The predicted molar refractivity (Wildman–Crippen MR) is 164 cm³/mol. The van der Waals surface area contributed by atoms with Crippen LogP contribution in [0.25, 0.3) is 27.9 Å². The number of fused-ring (bicyclic) bond motifs is 5. The number of nitrogens with one attached hydrogen (secondary N) is 1. The summed E-state index contributed by atoms with van der Waals surface area (Å²) in [6, 6.07) is 8.97. The molecule has 0 aliphatic heterocycles. The van der Waals surface area contributed by atoms with Crippen LogP contribution in [0.15, 0.2) is 59.9 Å². The lowest BCUT2D eigenvalue weighted by atomic mass is 9.61. The fourth-order valence-corrected chi connectivity index (χ4v) is 8.26. The van der Waals surface area contributed by atoms with Crippen molar-refractivity contribution in [1.82, 2.24) is 23.6 Å². The topological polar surface area (TPSA) is 138 Å². The van der Waals surface area contributed by atoms with Gasteiger partial charge in [0.1, 0.15) is 11.3 Å². The molecule has 1 aromatic carbocycles. The van der Waals surface area contributed by atoms with Crippen molar-refractivity contribution in [1.29, 1.82) is 0 Å². The first-order valence-electron chi connectivity index (χ1n) is 15.0. The third-order valence-corrected chi connectivity index (χ3v) is 10.8. The third kappa shape index (κ3) is 4.95. The van der Waals surface area contributed by atoms with Crippen molar-refractivity contribution in [3.63, 3.8) is 0 Å². The van der Waals surface area contributed by atoms with Gasteiger partial charge < -0.3 is 10.1 Å². The molecule has 0 saturated heterocycles. The first-order chi connectivity index (χ1) is 21.7. The fraction of sp³-hybridized carbons (Fsp3) is 0.344. The van der Waals surface area contributed by atoms with Crippen LogP contribution in [0.1, 0.15) is 48.5 Å². The van der Waals surface area contributed by atoms with E-state index in [1.54, 1.807) is 25.1 Å². The molecule has 0 unspecified atom stereocenters. The molecule has 8 rings (SSSR count). The molecule has 0 amide bonds. The second kappa shape index (κ2) is 11.1. The smallest absolute Gasteiger partial charge is 0.311 e. The van der Waals surface area contributed by atoms with Crippen LogP contribution in [0.4, 0.5) is 10.2 Å². The first kappa shape index (κ1) is 29.1. The van der Waals surface area contributed by atoms with Gasteiger partial charge in [0.2, 0.25) is 0 Å². The summed E-state index contributed by atoms with van der Waals surface area (Å²) in [6.07, 6.45) is 8.35. The maximum atomic E-state index is 14.6. The van der Waals surface area contributed by atoms with Crippen LogP contribution >= 0.6 is 0 Å². The van der Waals surface area contributed by atoms with Gasteiger partial charge in [-0.1, -0.05) is 17.7 Å². The normalized spacial score (nSPS) is 21.3. The number of aromatic nitrogens is 5. The van der Waals surface area contributed by atoms with Crippen LogP contribution in [0.3, 0.4) is 0 Å². The number of ether oxygens (including phenoxy) is 1. The van der Waals surface area contributed by atoms with Gasteiger partial charge >= 0.3 is 5.97 Å². The van der Waals surface area contributed by atoms with Crippen LogP contribution in [0.5, 0.6) is 0 Å². The molecule has 11 nitrogen and oxygen atoms in total. The van der Waals surface area contributed by atoms with Gasteiger partial charge in [-0.3, -0.25) is 9.59 Å². The van der Waals surface area contributed by atoms with Gasteiger partial charge in [0, 0.05) is 34.9 Å². The van der Waals surface area contributed by atoms with Crippen molar-refractivity contribution in [2.75, 3.05) is 11.9 Å². The van der Waals surface area contributed by atoms with E-state index in [1.807, 2.05) is 6.92 Å². The maximum absolute atomic E-state index is 14.6. The Morgan fingerprint density at radius 3 is 2.56 bits per heavy atom. The number of carbonyl (C=O) groups is 2. The Morgan fingerprint density at radius 1 is 1.11 bits per heavy atom. The second-order valence-electron chi connectivity index (χ2n) is 11.8. The minimum atomic E-state index is -4.13. The molecule has 2 atom stereocenters. The summed E-state index contributed by atoms with van der Waals surface area (Å²) in [5.74, 6) is -0.425. The Labute approximate surface area is 258 Å². The number of rotatable bonds is 8. The Hall–Kier alpha value is -4.65. The largest absolute Gasteiger partial charge is 0.466 e. The average molecular weight is 631 g/mol. The number of benzene rings is 1. The van der Waals surface area contributed by atoms with Crippen molar-refractivity contribution < 1.29 is 27.1 Å². The Balaban J connectivity index is 1.39. The van der Waals surface area contributed by atoms with Gasteiger partial charge in [-0.25, -0.2) is 31.3 Å². The minimum Gasteiger partial charge on any atom is -0.466 e. The summed E-state index contributed by atoms with van der Waals surface area (Å²) in [7, 11) is -4.13. The number of hydrogen-bond acceptors (Lipinski definition) is 9. The highest BCUT2D eigenvalue weighted by molar-refractivity contribution is 7.90. The summed E-state index contributed by atoms with van der Waals surface area (Å²) in [5.41, 5.74) is 2.00. The lowest BCUT2D eigenvalue weighted by molar-refractivity contribution is -0.154. The molecule has 5 aromatic rings.